The molecule has 0 unspecified atom stereocenters. The normalized spacial score (nSPS) is 11.0. The molecule has 1 N–H and O–H groups in total. The second kappa shape index (κ2) is 7.97. The first-order valence-corrected chi connectivity index (χ1v) is 8.52. The van der Waals surface area contributed by atoms with Crippen molar-refractivity contribution >= 4 is 18.4 Å². The molecule has 6 nitrogen and oxygen atoms in total. The lowest BCUT2D eigenvalue weighted by Gasteiger charge is -2.11. The molecule has 0 amide bonds. The molecule has 1 aromatic heterocycles. The molecule has 0 aliphatic carbocycles. The van der Waals surface area contributed by atoms with E-state index >= 15 is 0 Å². The SMILES string of the molecule is COc1cc(/C=N\n2c(C)n[nH]c2=S)ccc1OCc1cccc(C)c1. The van der Waals surface area contributed by atoms with E-state index in [0.29, 0.717) is 28.7 Å². The van der Waals surface area contributed by atoms with E-state index in [9.17, 15) is 0 Å². The van der Waals surface area contributed by atoms with E-state index < -0.39 is 0 Å². The molecule has 7 heteroatoms. The van der Waals surface area contributed by atoms with Gasteiger partial charge in [0.1, 0.15) is 12.4 Å². The summed E-state index contributed by atoms with van der Waals surface area (Å²) in [6.45, 7) is 4.37. The van der Waals surface area contributed by atoms with Gasteiger partial charge in [-0.25, -0.2) is 0 Å². The van der Waals surface area contributed by atoms with Crippen LogP contribution in [0.1, 0.15) is 22.5 Å². The smallest absolute Gasteiger partial charge is 0.216 e. The molecular formula is C19H20N4O2S. The largest absolute Gasteiger partial charge is 0.493 e. The average Bonchev–Trinajstić information content (AvgIpc) is 2.96. The van der Waals surface area contributed by atoms with E-state index in [1.54, 1.807) is 18.0 Å². The Balaban J connectivity index is 1.76. The van der Waals surface area contributed by atoms with Crippen LogP contribution in [0.25, 0.3) is 0 Å². The number of hydrogen-bond acceptors (Lipinski definition) is 5. The Morgan fingerprint density at radius 1 is 1.19 bits per heavy atom. The summed E-state index contributed by atoms with van der Waals surface area (Å²) in [4.78, 5) is 0. The number of H-pyrrole nitrogens is 1. The highest BCUT2D eigenvalue weighted by atomic mass is 32.1. The van der Waals surface area contributed by atoms with E-state index in [4.69, 9.17) is 21.7 Å². The van der Waals surface area contributed by atoms with Crippen LogP contribution < -0.4 is 9.47 Å². The molecule has 0 bridgehead atoms. The van der Waals surface area contributed by atoms with Crippen molar-refractivity contribution in [2.75, 3.05) is 7.11 Å². The zero-order valence-corrected chi connectivity index (χ0v) is 15.7. The van der Waals surface area contributed by atoms with Crippen LogP contribution in [0.2, 0.25) is 0 Å². The Kier molecular flexibility index (Phi) is 5.48. The highest BCUT2D eigenvalue weighted by Gasteiger charge is 2.06. The molecule has 3 aromatic rings. The minimum absolute atomic E-state index is 0.448. The van der Waals surface area contributed by atoms with Crippen molar-refractivity contribution in [3.63, 3.8) is 0 Å². The number of rotatable bonds is 6. The summed E-state index contributed by atoms with van der Waals surface area (Å²) in [6, 6.07) is 13.9. The summed E-state index contributed by atoms with van der Waals surface area (Å²) in [6.07, 6.45) is 1.70. The van der Waals surface area contributed by atoms with Crippen LogP contribution in [0, 0.1) is 18.6 Å². The van der Waals surface area contributed by atoms with Gasteiger partial charge in [-0.05, 0) is 55.4 Å². The second-order valence-corrected chi connectivity index (χ2v) is 6.21. The van der Waals surface area contributed by atoms with Crippen molar-refractivity contribution in [3.05, 3.63) is 69.8 Å². The maximum Gasteiger partial charge on any atom is 0.216 e. The summed E-state index contributed by atoms with van der Waals surface area (Å²) in [7, 11) is 1.62. The molecule has 26 heavy (non-hydrogen) atoms. The lowest BCUT2D eigenvalue weighted by atomic mass is 10.1. The average molecular weight is 368 g/mol. The molecule has 0 fully saturated rings. The molecule has 2 aromatic carbocycles. The van der Waals surface area contributed by atoms with Gasteiger partial charge in [-0.15, -0.1) is 0 Å². The van der Waals surface area contributed by atoms with E-state index in [0.717, 1.165) is 11.1 Å². The van der Waals surface area contributed by atoms with Gasteiger partial charge in [0, 0.05) is 0 Å². The maximum absolute atomic E-state index is 5.91. The molecule has 3 rings (SSSR count). The molecule has 0 radical (unpaired) electrons. The third-order valence-electron chi connectivity index (χ3n) is 3.80. The van der Waals surface area contributed by atoms with Gasteiger partial charge in [0.05, 0.1) is 13.3 Å². The number of nitrogens with zero attached hydrogens (tertiary/aromatic N) is 3. The summed E-state index contributed by atoms with van der Waals surface area (Å²) in [5, 5.41) is 11.1. The Morgan fingerprint density at radius 2 is 2.04 bits per heavy atom. The lowest BCUT2D eigenvalue weighted by Crippen LogP contribution is -1.99. The van der Waals surface area contributed by atoms with Crippen molar-refractivity contribution in [3.8, 4) is 11.5 Å². The minimum Gasteiger partial charge on any atom is -0.493 e. The fraction of sp³-hybridized carbons (Fsp3) is 0.211. The fourth-order valence-corrected chi connectivity index (χ4v) is 2.70. The molecule has 1 heterocycles. The summed E-state index contributed by atoms with van der Waals surface area (Å²) in [5.41, 5.74) is 3.19. The number of hydrogen-bond donors (Lipinski definition) is 1. The minimum atomic E-state index is 0.448. The third kappa shape index (κ3) is 4.18. The Bertz CT molecular complexity index is 991. The van der Waals surface area contributed by atoms with Gasteiger partial charge in [0.15, 0.2) is 11.5 Å². The molecule has 134 valence electrons. The number of aromatic amines is 1. The van der Waals surface area contributed by atoms with Crippen LogP contribution in [0.5, 0.6) is 11.5 Å². The topological polar surface area (TPSA) is 64.4 Å². The van der Waals surface area contributed by atoms with E-state index in [1.165, 1.54) is 5.56 Å². The molecule has 0 atom stereocenters. The standard InChI is InChI=1S/C19H20N4O2S/c1-13-5-4-6-16(9-13)12-25-17-8-7-15(10-18(17)24-3)11-20-23-14(2)21-22-19(23)26/h4-11H,12H2,1-3H3,(H,22,26)/b20-11-. The zero-order valence-electron chi connectivity index (χ0n) is 14.9. The summed E-state index contributed by atoms with van der Waals surface area (Å²) < 4.78 is 13.4. The van der Waals surface area contributed by atoms with Crippen molar-refractivity contribution in [2.45, 2.75) is 20.5 Å². The fourth-order valence-electron chi connectivity index (χ4n) is 2.48. The Morgan fingerprint density at radius 3 is 2.73 bits per heavy atom. The van der Waals surface area contributed by atoms with Gasteiger partial charge in [0.2, 0.25) is 4.77 Å². The van der Waals surface area contributed by atoms with Gasteiger partial charge < -0.3 is 9.47 Å². The predicted molar refractivity (Wildman–Crippen MR) is 104 cm³/mol. The second-order valence-electron chi connectivity index (χ2n) is 5.82. The van der Waals surface area contributed by atoms with Crippen molar-refractivity contribution < 1.29 is 9.47 Å². The third-order valence-corrected chi connectivity index (χ3v) is 4.06. The van der Waals surface area contributed by atoms with Gasteiger partial charge in [-0.1, -0.05) is 29.8 Å². The monoisotopic (exact) mass is 368 g/mol. The van der Waals surface area contributed by atoms with Crippen LogP contribution >= 0.6 is 12.2 Å². The highest BCUT2D eigenvalue weighted by Crippen LogP contribution is 2.28. The number of methoxy groups -OCH3 is 1. The molecular weight excluding hydrogens is 348 g/mol. The predicted octanol–water partition coefficient (Wildman–Crippen LogP) is 4.03. The molecule has 0 aliphatic rings. The molecule has 0 saturated heterocycles. The summed E-state index contributed by atoms with van der Waals surface area (Å²) >= 11 is 5.13. The quantitative estimate of drug-likeness (QED) is 0.527. The van der Waals surface area contributed by atoms with Gasteiger partial charge in [-0.3, -0.25) is 5.10 Å². The first-order chi connectivity index (χ1) is 12.6. The Labute approximate surface area is 157 Å². The number of nitrogens with one attached hydrogen (secondary N) is 1. The number of ether oxygens (including phenoxy) is 2. The first kappa shape index (κ1) is 17.9. The lowest BCUT2D eigenvalue weighted by molar-refractivity contribution is 0.284. The first-order valence-electron chi connectivity index (χ1n) is 8.11. The van der Waals surface area contributed by atoms with Crippen molar-refractivity contribution in [2.24, 2.45) is 5.10 Å². The van der Waals surface area contributed by atoms with Crippen LogP contribution in [0.15, 0.2) is 47.6 Å². The van der Waals surface area contributed by atoms with Crippen LogP contribution in [-0.4, -0.2) is 28.2 Å². The number of benzene rings is 2. The number of aromatic nitrogens is 3. The molecule has 0 saturated carbocycles. The van der Waals surface area contributed by atoms with Gasteiger partial charge >= 0.3 is 0 Å². The van der Waals surface area contributed by atoms with Gasteiger partial charge in [0.25, 0.3) is 0 Å². The number of aryl methyl sites for hydroxylation is 2. The molecule has 0 spiro atoms. The van der Waals surface area contributed by atoms with Gasteiger partial charge in [-0.2, -0.15) is 14.9 Å². The van der Waals surface area contributed by atoms with E-state index in [1.807, 2.05) is 37.3 Å². The maximum atomic E-state index is 5.91. The van der Waals surface area contributed by atoms with Crippen LogP contribution in [-0.2, 0) is 6.61 Å². The van der Waals surface area contributed by atoms with E-state index in [-0.39, 0.29) is 0 Å². The van der Waals surface area contributed by atoms with Crippen LogP contribution in [0.4, 0.5) is 0 Å². The van der Waals surface area contributed by atoms with Crippen LogP contribution in [0.3, 0.4) is 0 Å². The zero-order chi connectivity index (χ0) is 18.5. The Hall–Kier alpha value is -2.93. The van der Waals surface area contributed by atoms with E-state index in [2.05, 4.69) is 34.4 Å². The molecule has 0 aliphatic heterocycles. The van der Waals surface area contributed by atoms with Crippen molar-refractivity contribution in [1.29, 1.82) is 0 Å². The highest BCUT2D eigenvalue weighted by molar-refractivity contribution is 7.71. The van der Waals surface area contributed by atoms with Crippen molar-refractivity contribution in [1.82, 2.24) is 14.9 Å². The summed E-state index contributed by atoms with van der Waals surface area (Å²) in [5.74, 6) is 2.02.